The summed E-state index contributed by atoms with van der Waals surface area (Å²) in [4.78, 5) is 32.3. The van der Waals surface area contributed by atoms with Crippen LogP contribution in [0.1, 0.15) is 69.2 Å². The molecule has 0 unspecified atom stereocenters. The summed E-state index contributed by atoms with van der Waals surface area (Å²) in [5.41, 5.74) is 13.6. The number of nitrogens with one attached hydrogen (secondary N) is 1. The van der Waals surface area contributed by atoms with Crippen molar-refractivity contribution in [1.82, 2.24) is 35.4 Å². The molecule has 5 aliphatic rings. The van der Waals surface area contributed by atoms with Crippen LogP contribution in [0.25, 0.3) is 21.7 Å². The Balaban J connectivity index is 0.657. The number of ether oxygens (including phenoxy) is 2. The molecule has 9 rings (SSSR count). The molecule has 15 nitrogen and oxygen atoms in total. The molecule has 2 aromatic heterocycles. The maximum atomic E-state index is 13.4. The van der Waals surface area contributed by atoms with Crippen LogP contribution in [0.3, 0.4) is 0 Å². The van der Waals surface area contributed by atoms with Crippen molar-refractivity contribution >= 4 is 28.7 Å². The molecule has 1 amide bonds. The van der Waals surface area contributed by atoms with Gasteiger partial charge >= 0.3 is 0 Å². The number of nitrogen functional groups attached to an aromatic ring is 1. The Bertz CT molecular complexity index is 2170. The maximum absolute atomic E-state index is 13.4. The zero-order valence-electron chi connectivity index (χ0n) is 36.7. The standard InChI is InChI=1S/C47H63N9O6S/c1-32(34-7-9-35(10-8-34)43-33(2)49-31-63-43)50-45(59)41-25-36(57)29-56(41)62-24-21-53-15-11-46(12-16-53)27-37(28-46)60-22-19-54-20-23-61-47(30-54)13-17-55(18-14-47)40-26-39(51-52-44(40)48)38-5-3-4-6-42(38)58/h3-10,26,31-32,36-37,41,57-58H,11-25,27-30H2,1-2H3,(H2,48,52)(H,50,59)/t32-,36+,41-/m0/s1. The molecule has 338 valence electrons. The summed E-state index contributed by atoms with van der Waals surface area (Å²) in [5.74, 6) is 0.441. The number of hydrogen-bond acceptors (Lipinski definition) is 15. The number of nitrogens with two attached hydrogens (primary N) is 1. The van der Waals surface area contributed by atoms with Crippen molar-refractivity contribution < 1.29 is 29.3 Å². The normalized spacial score (nSPS) is 23.6. The number of carbonyl (C=O) groups excluding carboxylic acids is 1. The number of carbonyl (C=O) groups is 1. The predicted molar refractivity (Wildman–Crippen MR) is 243 cm³/mol. The smallest absolute Gasteiger partial charge is 0.240 e. The van der Waals surface area contributed by atoms with Crippen molar-refractivity contribution in [2.75, 3.05) is 89.4 Å². The number of rotatable bonds is 14. The average molecular weight is 882 g/mol. The van der Waals surface area contributed by atoms with Gasteiger partial charge in [-0.15, -0.1) is 21.5 Å². The Hall–Kier alpha value is -4.26. The molecule has 0 bridgehead atoms. The van der Waals surface area contributed by atoms with Crippen LogP contribution in [0, 0.1) is 12.3 Å². The maximum Gasteiger partial charge on any atom is 0.240 e. The Morgan fingerprint density at radius 2 is 1.76 bits per heavy atom. The van der Waals surface area contributed by atoms with Gasteiger partial charge in [0.1, 0.15) is 11.8 Å². The molecular formula is C47H63N9O6S. The number of aliphatic hydroxyl groups is 1. The molecule has 1 aliphatic carbocycles. The highest BCUT2D eigenvalue weighted by Gasteiger charge is 2.47. The number of hydrogen-bond donors (Lipinski definition) is 4. The summed E-state index contributed by atoms with van der Waals surface area (Å²) in [6.45, 7) is 13.5. The van der Waals surface area contributed by atoms with Crippen LogP contribution in [-0.4, -0.2) is 149 Å². The lowest BCUT2D eigenvalue weighted by Crippen LogP contribution is -2.57. The summed E-state index contributed by atoms with van der Waals surface area (Å²) in [7, 11) is 0. The number of hydroxylamine groups is 2. The lowest BCUT2D eigenvalue weighted by Gasteiger charge is -2.52. The molecule has 2 spiro atoms. The number of anilines is 2. The van der Waals surface area contributed by atoms with E-state index in [1.807, 2.05) is 37.6 Å². The second kappa shape index (κ2) is 19.1. The van der Waals surface area contributed by atoms with E-state index in [-0.39, 0.29) is 23.3 Å². The van der Waals surface area contributed by atoms with E-state index in [1.54, 1.807) is 28.5 Å². The topological polar surface area (TPSA) is 175 Å². The second-order valence-electron chi connectivity index (χ2n) is 18.5. The highest BCUT2D eigenvalue weighted by Crippen LogP contribution is 2.50. The average Bonchev–Trinajstić information content (AvgIpc) is 3.89. The number of phenolic OH excluding ortho intramolecular Hbond substituents is 1. The number of aryl methyl sites for hydroxylation is 1. The molecule has 6 heterocycles. The van der Waals surface area contributed by atoms with Gasteiger partial charge in [0.05, 0.1) is 77.7 Å². The van der Waals surface area contributed by atoms with E-state index < -0.39 is 12.1 Å². The molecule has 2 aromatic carbocycles. The SMILES string of the molecule is Cc1ncsc1-c1ccc([C@H](C)NC(=O)[C@@H]2C[C@@H](O)CN2OCCN2CCC3(CC2)CC(OCCN2CCOC4(CCN(c5cc(-c6ccccc6O)nnc5N)CC4)C2)C3)cc1. The van der Waals surface area contributed by atoms with Crippen molar-refractivity contribution in [2.45, 2.75) is 88.7 Å². The number of likely N-dealkylation sites (tertiary alicyclic amines) is 1. The summed E-state index contributed by atoms with van der Waals surface area (Å²) in [6, 6.07) is 16.7. The van der Waals surface area contributed by atoms with Gasteiger partial charge in [0.2, 0.25) is 5.91 Å². The van der Waals surface area contributed by atoms with E-state index in [9.17, 15) is 15.0 Å². The van der Waals surface area contributed by atoms with Crippen LogP contribution < -0.4 is 16.0 Å². The van der Waals surface area contributed by atoms with E-state index in [0.717, 1.165) is 119 Å². The Morgan fingerprint density at radius 1 is 1.00 bits per heavy atom. The van der Waals surface area contributed by atoms with Crippen LogP contribution in [0.5, 0.6) is 5.75 Å². The van der Waals surface area contributed by atoms with Crippen LogP contribution in [0.15, 0.2) is 60.1 Å². The third-order valence-corrected chi connectivity index (χ3v) is 15.3. The molecule has 5 N–H and O–H groups in total. The minimum absolute atomic E-state index is 0.123. The first kappa shape index (κ1) is 44.0. The quantitative estimate of drug-likeness (QED) is 0.133. The summed E-state index contributed by atoms with van der Waals surface area (Å²) < 4.78 is 12.9. The minimum Gasteiger partial charge on any atom is -0.507 e. The van der Waals surface area contributed by atoms with E-state index in [4.69, 9.17) is 20.0 Å². The van der Waals surface area contributed by atoms with E-state index in [0.29, 0.717) is 48.2 Å². The zero-order chi connectivity index (χ0) is 43.6. The van der Waals surface area contributed by atoms with Crippen molar-refractivity contribution in [2.24, 2.45) is 5.41 Å². The molecule has 4 aromatic rings. The fourth-order valence-electron chi connectivity index (χ4n) is 10.4. The van der Waals surface area contributed by atoms with E-state index >= 15 is 0 Å². The first-order chi connectivity index (χ1) is 30.5. The number of phenols is 1. The van der Waals surface area contributed by atoms with Crippen LogP contribution in [0.2, 0.25) is 0 Å². The Kier molecular flexibility index (Phi) is 13.3. The molecule has 16 heteroatoms. The highest BCUT2D eigenvalue weighted by atomic mass is 32.1. The van der Waals surface area contributed by atoms with Crippen molar-refractivity contribution in [3.05, 3.63) is 71.4 Å². The number of thiazole rings is 1. The number of piperidine rings is 2. The molecule has 4 aliphatic heterocycles. The molecule has 4 saturated heterocycles. The fourth-order valence-corrected chi connectivity index (χ4v) is 11.2. The first-order valence-electron chi connectivity index (χ1n) is 22.8. The van der Waals surface area contributed by atoms with Gasteiger partial charge in [-0.25, -0.2) is 4.98 Å². The third kappa shape index (κ3) is 10.0. The monoisotopic (exact) mass is 881 g/mol. The van der Waals surface area contributed by atoms with Gasteiger partial charge < -0.3 is 40.5 Å². The van der Waals surface area contributed by atoms with Gasteiger partial charge in [-0.3, -0.25) is 14.5 Å². The largest absolute Gasteiger partial charge is 0.507 e. The summed E-state index contributed by atoms with van der Waals surface area (Å²) in [6.07, 6.45) is 6.50. The van der Waals surface area contributed by atoms with Crippen molar-refractivity contribution in [1.29, 1.82) is 0 Å². The van der Waals surface area contributed by atoms with E-state index in [1.165, 1.54) is 12.8 Å². The van der Waals surface area contributed by atoms with Crippen LogP contribution in [-0.2, 0) is 19.1 Å². The number of β-amino-alcohol motifs (C(OH)–C–C–N with tert-alkyl or cyclic N) is 1. The first-order valence-corrected chi connectivity index (χ1v) is 23.7. The molecular weight excluding hydrogens is 819 g/mol. The number of aliphatic hydroxyl groups excluding tert-OH is 1. The van der Waals surface area contributed by atoms with Crippen LogP contribution in [0.4, 0.5) is 11.5 Å². The molecule has 5 fully saturated rings. The lowest BCUT2D eigenvalue weighted by atomic mass is 9.61. The number of morpholine rings is 1. The van der Waals surface area contributed by atoms with Gasteiger partial charge in [-0.1, -0.05) is 36.4 Å². The fraction of sp³-hybridized carbons (Fsp3) is 0.574. The number of nitrogens with zero attached hydrogens (tertiary/aromatic N) is 7. The Labute approximate surface area is 374 Å². The van der Waals surface area contributed by atoms with Crippen LogP contribution >= 0.6 is 11.3 Å². The number of amides is 1. The highest BCUT2D eigenvalue weighted by molar-refractivity contribution is 7.13. The number of para-hydroxylation sites is 1. The van der Waals surface area contributed by atoms with Gasteiger partial charge in [-0.05, 0) is 100 Å². The lowest BCUT2D eigenvalue weighted by molar-refractivity contribution is -0.182. The van der Waals surface area contributed by atoms with E-state index in [2.05, 4.69) is 59.5 Å². The minimum atomic E-state index is -0.596. The van der Waals surface area contributed by atoms with Crippen molar-refractivity contribution in [3.8, 4) is 27.4 Å². The predicted octanol–water partition coefficient (Wildman–Crippen LogP) is 5.04. The van der Waals surface area contributed by atoms with Gasteiger partial charge in [0.25, 0.3) is 0 Å². The molecule has 63 heavy (non-hydrogen) atoms. The van der Waals surface area contributed by atoms with Gasteiger partial charge in [0, 0.05) is 51.3 Å². The van der Waals surface area contributed by atoms with Gasteiger partial charge in [0.15, 0.2) is 5.82 Å². The Morgan fingerprint density at radius 3 is 2.51 bits per heavy atom. The molecule has 0 radical (unpaired) electrons. The summed E-state index contributed by atoms with van der Waals surface area (Å²) >= 11 is 1.63. The zero-order valence-corrected chi connectivity index (χ0v) is 37.5. The third-order valence-electron chi connectivity index (χ3n) is 14.3. The molecule has 1 saturated carbocycles. The van der Waals surface area contributed by atoms with Gasteiger partial charge in [-0.2, -0.15) is 5.06 Å². The molecule has 3 atom stereocenters. The van der Waals surface area contributed by atoms with Crippen molar-refractivity contribution in [3.63, 3.8) is 0 Å². The summed E-state index contributed by atoms with van der Waals surface area (Å²) in [5, 5.41) is 34.2. The second-order valence-corrected chi connectivity index (χ2v) is 19.4. The number of aromatic hydroxyl groups is 1. The number of aromatic nitrogens is 3. The number of benzene rings is 2.